The number of hydrogen-bond donors (Lipinski definition) is 3. The molecule has 4 rings (SSSR count). The van der Waals surface area contributed by atoms with Crippen molar-refractivity contribution in [1.29, 1.82) is 0 Å². The quantitative estimate of drug-likeness (QED) is 0.795. The van der Waals surface area contributed by atoms with Crippen LogP contribution in [0.25, 0.3) is 0 Å². The summed E-state index contributed by atoms with van der Waals surface area (Å²) in [5.74, 6) is -0.0435. The molecule has 2 aromatic rings. The summed E-state index contributed by atoms with van der Waals surface area (Å²) in [5.41, 5.74) is 5.53. The predicted octanol–water partition coefficient (Wildman–Crippen LogP) is 3.18. The summed E-state index contributed by atoms with van der Waals surface area (Å²) in [5, 5.41) is 9.19. The molecule has 0 atom stereocenters. The molecule has 3 N–H and O–H groups in total. The summed E-state index contributed by atoms with van der Waals surface area (Å²) in [4.78, 5) is 24.1. The SMILES string of the molecule is O=C1CCc2cc(NC(=O)c3cccc4c3CCCN4)ccc2N1. The molecular weight excluding hydrogens is 302 g/mol. The van der Waals surface area contributed by atoms with Crippen LogP contribution < -0.4 is 16.0 Å². The van der Waals surface area contributed by atoms with Gasteiger partial charge in [-0.05, 0) is 60.7 Å². The summed E-state index contributed by atoms with van der Waals surface area (Å²) in [6.45, 7) is 0.953. The van der Waals surface area contributed by atoms with E-state index in [0.29, 0.717) is 12.8 Å². The van der Waals surface area contributed by atoms with Crippen molar-refractivity contribution in [3.05, 3.63) is 53.1 Å². The second-order valence-electron chi connectivity index (χ2n) is 6.24. The van der Waals surface area contributed by atoms with Gasteiger partial charge < -0.3 is 16.0 Å². The molecule has 5 heteroatoms. The molecule has 0 radical (unpaired) electrons. The van der Waals surface area contributed by atoms with Crippen molar-refractivity contribution in [1.82, 2.24) is 0 Å². The van der Waals surface area contributed by atoms with E-state index in [-0.39, 0.29) is 11.8 Å². The average Bonchev–Trinajstić information content (AvgIpc) is 2.61. The number of benzene rings is 2. The predicted molar refractivity (Wildman–Crippen MR) is 94.6 cm³/mol. The van der Waals surface area contributed by atoms with Crippen LogP contribution in [0, 0.1) is 0 Å². The maximum atomic E-state index is 12.7. The normalized spacial score (nSPS) is 15.6. The highest BCUT2D eigenvalue weighted by molar-refractivity contribution is 6.06. The zero-order valence-corrected chi connectivity index (χ0v) is 13.3. The summed E-state index contributed by atoms with van der Waals surface area (Å²) in [6.07, 6.45) is 3.15. The van der Waals surface area contributed by atoms with Crippen molar-refractivity contribution in [3.63, 3.8) is 0 Å². The highest BCUT2D eigenvalue weighted by Crippen LogP contribution is 2.28. The van der Waals surface area contributed by atoms with E-state index in [9.17, 15) is 9.59 Å². The third kappa shape index (κ3) is 2.73. The van der Waals surface area contributed by atoms with E-state index >= 15 is 0 Å². The van der Waals surface area contributed by atoms with Gasteiger partial charge in [-0.1, -0.05) is 6.07 Å². The molecule has 2 heterocycles. The zero-order valence-electron chi connectivity index (χ0n) is 13.3. The van der Waals surface area contributed by atoms with Gasteiger partial charge in [0.15, 0.2) is 0 Å². The molecule has 0 unspecified atom stereocenters. The van der Waals surface area contributed by atoms with E-state index in [2.05, 4.69) is 16.0 Å². The van der Waals surface area contributed by atoms with E-state index in [4.69, 9.17) is 0 Å². The highest BCUT2D eigenvalue weighted by Gasteiger charge is 2.19. The molecule has 5 nitrogen and oxygen atoms in total. The van der Waals surface area contributed by atoms with Crippen molar-refractivity contribution in [2.24, 2.45) is 0 Å². The topological polar surface area (TPSA) is 70.2 Å². The fourth-order valence-electron chi connectivity index (χ4n) is 3.38. The first-order valence-corrected chi connectivity index (χ1v) is 8.30. The lowest BCUT2D eigenvalue weighted by atomic mass is 9.97. The number of anilines is 3. The summed E-state index contributed by atoms with van der Waals surface area (Å²) < 4.78 is 0. The van der Waals surface area contributed by atoms with E-state index in [1.807, 2.05) is 36.4 Å². The van der Waals surface area contributed by atoms with Crippen LogP contribution in [-0.2, 0) is 17.6 Å². The highest BCUT2D eigenvalue weighted by atomic mass is 16.2. The second-order valence-corrected chi connectivity index (χ2v) is 6.24. The Labute approximate surface area is 140 Å². The molecule has 122 valence electrons. The molecule has 2 aliphatic rings. The molecule has 0 spiro atoms. The minimum absolute atomic E-state index is 0.0442. The fourth-order valence-corrected chi connectivity index (χ4v) is 3.38. The molecule has 2 amide bonds. The summed E-state index contributed by atoms with van der Waals surface area (Å²) in [6, 6.07) is 11.4. The molecule has 0 aliphatic carbocycles. The fraction of sp³-hybridized carbons (Fsp3) is 0.263. The lowest BCUT2D eigenvalue weighted by molar-refractivity contribution is -0.116. The van der Waals surface area contributed by atoms with Crippen LogP contribution in [0.5, 0.6) is 0 Å². The van der Waals surface area contributed by atoms with Gasteiger partial charge in [0.05, 0.1) is 0 Å². The number of hydrogen-bond acceptors (Lipinski definition) is 3. The zero-order chi connectivity index (χ0) is 16.5. The van der Waals surface area contributed by atoms with Crippen LogP contribution in [0.15, 0.2) is 36.4 Å². The van der Waals surface area contributed by atoms with Gasteiger partial charge in [0.1, 0.15) is 0 Å². The van der Waals surface area contributed by atoms with Crippen LogP contribution >= 0.6 is 0 Å². The first-order valence-electron chi connectivity index (χ1n) is 8.30. The van der Waals surface area contributed by atoms with E-state index < -0.39 is 0 Å². The minimum Gasteiger partial charge on any atom is -0.385 e. The Bertz CT molecular complexity index is 829. The maximum absolute atomic E-state index is 12.7. The summed E-state index contributed by atoms with van der Waals surface area (Å²) >= 11 is 0. The van der Waals surface area contributed by atoms with Crippen LogP contribution in [0.1, 0.15) is 34.3 Å². The van der Waals surface area contributed by atoms with Gasteiger partial charge in [-0.2, -0.15) is 0 Å². The number of carbonyl (C=O) groups excluding carboxylic acids is 2. The molecule has 2 aromatic carbocycles. The number of amides is 2. The molecular formula is C19H19N3O2. The van der Waals surface area contributed by atoms with Crippen LogP contribution in [0.3, 0.4) is 0 Å². The number of aryl methyl sites for hydroxylation is 1. The van der Waals surface area contributed by atoms with E-state index in [0.717, 1.165) is 53.1 Å². The second kappa shape index (κ2) is 6.00. The number of nitrogens with one attached hydrogen (secondary N) is 3. The van der Waals surface area contributed by atoms with Crippen molar-refractivity contribution in [2.75, 3.05) is 22.5 Å². The molecule has 0 saturated heterocycles. The van der Waals surface area contributed by atoms with Crippen LogP contribution in [0.4, 0.5) is 17.1 Å². The van der Waals surface area contributed by atoms with E-state index in [1.165, 1.54) is 0 Å². The van der Waals surface area contributed by atoms with Crippen molar-refractivity contribution in [3.8, 4) is 0 Å². The Kier molecular flexibility index (Phi) is 3.69. The van der Waals surface area contributed by atoms with E-state index in [1.54, 1.807) is 0 Å². The van der Waals surface area contributed by atoms with Gasteiger partial charge in [-0.25, -0.2) is 0 Å². The average molecular weight is 321 g/mol. The molecule has 0 saturated carbocycles. The van der Waals surface area contributed by atoms with Crippen molar-refractivity contribution >= 4 is 28.9 Å². The van der Waals surface area contributed by atoms with Gasteiger partial charge in [0.2, 0.25) is 5.91 Å². The van der Waals surface area contributed by atoms with Crippen molar-refractivity contribution in [2.45, 2.75) is 25.7 Å². The Morgan fingerprint density at radius 1 is 1.04 bits per heavy atom. The third-order valence-electron chi connectivity index (χ3n) is 4.60. The standard InChI is InChI=1S/C19H19N3O2/c23-18-9-6-12-11-13(7-8-16(12)22-18)21-19(24)15-3-1-5-17-14(15)4-2-10-20-17/h1,3,5,7-8,11,20H,2,4,6,9-10H2,(H,21,24)(H,22,23). The number of rotatable bonds is 2. The smallest absolute Gasteiger partial charge is 0.256 e. The lowest BCUT2D eigenvalue weighted by Gasteiger charge is -2.21. The lowest BCUT2D eigenvalue weighted by Crippen LogP contribution is -2.21. The van der Waals surface area contributed by atoms with Gasteiger partial charge in [-0.15, -0.1) is 0 Å². The number of fused-ring (bicyclic) bond motifs is 2. The Hall–Kier alpha value is -2.82. The molecule has 0 bridgehead atoms. The Balaban J connectivity index is 1.58. The van der Waals surface area contributed by atoms with Gasteiger partial charge in [-0.3, -0.25) is 9.59 Å². The van der Waals surface area contributed by atoms with Gasteiger partial charge in [0, 0.05) is 35.6 Å². The van der Waals surface area contributed by atoms with Crippen molar-refractivity contribution < 1.29 is 9.59 Å². The van der Waals surface area contributed by atoms with Crippen LogP contribution in [-0.4, -0.2) is 18.4 Å². The molecule has 24 heavy (non-hydrogen) atoms. The monoisotopic (exact) mass is 321 g/mol. The minimum atomic E-state index is -0.0876. The summed E-state index contributed by atoms with van der Waals surface area (Å²) in [7, 11) is 0. The first-order chi connectivity index (χ1) is 11.7. The molecule has 2 aliphatic heterocycles. The third-order valence-corrected chi connectivity index (χ3v) is 4.60. The molecule has 0 aromatic heterocycles. The largest absolute Gasteiger partial charge is 0.385 e. The first kappa shape index (κ1) is 14.8. The number of carbonyl (C=O) groups is 2. The maximum Gasteiger partial charge on any atom is 0.256 e. The van der Waals surface area contributed by atoms with Crippen LogP contribution in [0.2, 0.25) is 0 Å². The van der Waals surface area contributed by atoms with Gasteiger partial charge in [0.25, 0.3) is 5.91 Å². The molecule has 0 fully saturated rings. The Morgan fingerprint density at radius 3 is 2.88 bits per heavy atom. The van der Waals surface area contributed by atoms with Gasteiger partial charge >= 0.3 is 0 Å². The Morgan fingerprint density at radius 2 is 1.96 bits per heavy atom.